The summed E-state index contributed by atoms with van der Waals surface area (Å²) < 4.78 is 0. The van der Waals surface area contributed by atoms with Gasteiger partial charge in [-0.15, -0.1) is 0 Å². The SMILES string of the molecule is Cc1ccc2c(c1)C(=O)N(CCCC(=O)NCc1cccc(NC(=O)N3CCCC3)c1)C2=O. The number of carbonyl (C=O) groups excluding carboxylic acids is 4. The predicted octanol–water partition coefficient (Wildman–Crippen LogP) is 3.32. The van der Waals surface area contributed by atoms with Crippen LogP contribution in [0.5, 0.6) is 0 Å². The lowest BCUT2D eigenvalue weighted by Crippen LogP contribution is -2.32. The molecule has 8 heteroatoms. The highest BCUT2D eigenvalue weighted by Crippen LogP contribution is 2.24. The van der Waals surface area contributed by atoms with E-state index in [-0.39, 0.29) is 36.7 Å². The molecule has 0 radical (unpaired) electrons. The molecule has 1 saturated heterocycles. The summed E-state index contributed by atoms with van der Waals surface area (Å²) in [5.74, 6) is -0.760. The second-order valence-electron chi connectivity index (χ2n) is 8.52. The molecule has 2 heterocycles. The van der Waals surface area contributed by atoms with E-state index in [4.69, 9.17) is 0 Å². The van der Waals surface area contributed by atoms with Crippen molar-refractivity contribution in [3.63, 3.8) is 0 Å². The van der Waals surface area contributed by atoms with Gasteiger partial charge in [0.25, 0.3) is 11.8 Å². The zero-order chi connectivity index (χ0) is 23.4. The minimum Gasteiger partial charge on any atom is -0.352 e. The van der Waals surface area contributed by atoms with Crippen LogP contribution in [0.4, 0.5) is 10.5 Å². The Labute approximate surface area is 192 Å². The molecule has 0 saturated carbocycles. The molecule has 1 fully saturated rings. The summed E-state index contributed by atoms with van der Waals surface area (Å²) in [6, 6.07) is 12.5. The molecule has 2 N–H and O–H groups in total. The molecule has 0 spiro atoms. The molecule has 5 amide bonds. The maximum absolute atomic E-state index is 12.5. The van der Waals surface area contributed by atoms with Crippen molar-refractivity contribution in [3.05, 3.63) is 64.7 Å². The zero-order valence-corrected chi connectivity index (χ0v) is 18.7. The normalized spacial score (nSPS) is 15.1. The fourth-order valence-corrected chi connectivity index (χ4v) is 4.18. The van der Waals surface area contributed by atoms with Crippen molar-refractivity contribution in [2.24, 2.45) is 0 Å². The van der Waals surface area contributed by atoms with E-state index in [1.807, 2.05) is 37.3 Å². The summed E-state index contributed by atoms with van der Waals surface area (Å²) in [5, 5.41) is 5.76. The van der Waals surface area contributed by atoms with Crippen LogP contribution in [0.1, 0.15) is 57.5 Å². The summed E-state index contributed by atoms with van der Waals surface area (Å²) in [6.45, 7) is 3.97. The number of urea groups is 1. The Morgan fingerprint density at radius 2 is 1.73 bits per heavy atom. The van der Waals surface area contributed by atoms with Crippen molar-refractivity contribution in [1.29, 1.82) is 0 Å². The maximum atomic E-state index is 12.5. The number of nitrogens with zero attached hydrogens (tertiary/aromatic N) is 2. The van der Waals surface area contributed by atoms with Crippen LogP contribution in [-0.2, 0) is 11.3 Å². The van der Waals surface area contributed by atoms with Gasteiger partial charge in [0.2, 0.25) is 5.91 Å². The summed E-state index contributed by atoms with van der Waals surface area (Å²) in [5.41, 5.74) is 3.35. The summed E-state index contributed by atoms with van der Waals surface area (Å²) >= 11 is 0. The van der Waals surface area contributed by atoms with Gasteiger partial charge in [-0.05, 0) is 56.0 Å². The van der Waals surface area contributed by atoms with Crippen LogP contribution < -0.4 is 10.6 Å². The highest BCUT2D eigenvalue weighted by Gasteiger charge is 2.34. The van der Waals surface area contributed by atoms with Gasteiger partial charge >= 0.3 is 6.03 Å². The number of amides is 5. The molecule has 2 aliphatic rings. The standard InChI is InChI=1S/C25H28N4O4/c1-17-9-10-20-21(14-17)24(32)29(23(20)31)13-5-8-22(30)26-16-18-6-4-7-19(15-18)27-25(33)28-11-2-3-12-28/h4,6-7,9-10,14-15H,2-3,5,8,11-13,16H2,1H3,(H,26,30)(H,27,33). The fourth-order valence-electron chi connectivity index (χ4n) is 4.18. The largest absolute Gasteiger partial charge is 0.352 e. The number of hydrogen-bond donors (Lipinski definition) is 2. The molecule has 33 heavy (non-hydrogen) atoms. The van der Waals surface area contributed by atoms with E-state index in [0.717, 1.165) is 37.1 Å². The second-order valence-corrected chi connectivity index (χ2v) is 8.52. The van der Waals surface area contributed by atoms with Gasteiger partial charge < -0.3 is 15.5 Å². The van der Waals surface area contributed by atoms with E-state index < -0.39 is 0 Å². The smallest absolute Gasteiger partial charge is 0.321 e. The van der Waals surface area contributed by atoms with Crippen LogP contribution >= 0.6 is 0 Å². The third kappa shape index (κ3) is 5.22. The van der Waals surface area contributed by atoms with Crippen LogP contribution in [0.25, 0.3) is 0 Å². The molecule has 172 valence electrons. The number of rotatable bonds is 7. The van der Waals surface area contributed by atoms with E-state index in [1.54, 1.807) is 17.0 Å². The molecule has 2 aromatic carbocycles. The Kier molecular flexibility index (Phi) is 6.72. The third-order valence-corrected chi connectivity index (χ3v) is 5.97. The van der Waals surface area contributed by atoms with Crippen LogP contribution in [0.2, 0.25) is 0 Å². The van der Waals surface area contributed by atoms with Crippen molar-refractivity contribution in [3.8, 4) is 0 Å². The molecule has 2 aromatic rings. The van der Waals surface area contributed by atoms with Crippen molar-refractivity contribution in [2.45, 2.75) is 39.2 Å². The van der Waals surface area contributed by atoms with Crippen LogP contribution in [0, 0.1) is 6.92 Å². The zero-order valence-electron chi connectivity index (χ0n) is 18.7. The molecular formula is C25H28N4O4. The van der Waals surface area contributed by atoms with E-state index in [9.17, 15) is 19.2 Å². The van der Waals surface area contributed by atoms with Crippen LogP contribution in [0.15, 0.2) is 42.5 Å². The Morgan fingerprint density at radius 1 is 0.970 bits per heavy atom. The van der Waals surface area contributed by atoms with Crippen LogP contribution in [0.3, 0.4) is 0 Å². The van der Waals surface area contributed by atoms with Gasteiger partial charge in [-0.2, -0.15) is 0 Å². The van der Waals surface area contributed by atoms with Gasteiger partial charge in [0, 0.05) is 38.3 Å². The molecule has 4 rings (SSSR count). The van der Waals surface area contributed by atoms with Gasteiger partial charge in [-0.3, -0.25) is 19.3 Å². The van der Waals surface area contributed by atoms with Gasteiger partial charge in [-0.25, -0.2) is 4.79 Å². The number of nitrogens with one attached hydrogen (secondary N) is 2. The molecule has 0 unspecified atom stereocenters. The molecule has 0 aromatic heterocycles. The Hall–Kier alpha value is -3.68. The lowest BCUT2D eigenvalue weighted by atomic mass is 10.1. The molecule has 2 aliphatic heterocycles. The van der Waals surface area contributed by atoms with Gasteiger partial charge in [0.05, 0.1) is 11.1 Å². The van der Waals surface area contributed by atoms with E-state index in [0.29, 0.717) is 29.8 Å². The Bertz CT molecular complexity index is 1090. The van der Waals surface area contributed by atoms with Crippen molar-refractivity contribution >= 4 is 29.4 Å². The number of anilines is 1. The molecule has 0 aliphatic carbocycles. The van der Waals surface area contributed by atoms with Gasteiger partial charge in [0.1, 0.15) is 0 Å². The number of likely N-dealkylation sites (tertiary alicyclic amines) is 1. The van der Waals surface area contributed by atoms with E-state index >= 15 is 0 Å². The van der Waals surface area contributed by atoms with Crippen molar-refractivity contribution in [1.82, 2.24) is 15.1 Å². The Morgan fingerprint density at radius 3 is 2.52 bits per heavy atom. The number of carbonyl (C=O) groups is 4. The number of hydrogen-bond acceptors (Lipinski definition) is 4. The molecule has 8 nitrogen and oxygen atoms in total. The van der Waals surface area contributed by atoms with E-state index in [2.05, 4.69) is 10.6 Å². The van der Waals surface area contributed by atoms with Crippen molar-refractivity contribution < 1.29 is 19.2 Å². The summed E-state index contributed by atoms with van der Waals surface area (Å²) in [7, 11) is 0. The topological polar surface area (TPSA) is 98.8 Å². The lowest BCUT2D eigenvalue weighted by molar-refractivity contribution is -0.121. The number of aryl methyl sites for hydroxylation is 1. The maximum Gasteiger partial charge on any atom is 0.321 e. The molecular weight excluding hydrogens is 420 g/mol. The minimum absolute atomic E-state index is 0.1000. The first kappa shape index (κ1) is 22.5. The number of benzene rings is 2. The first-order valence-electron chi connectivity index (χ1n) is 11.3. The highest BCUT2D eigenvalue weighted by atomic mass is 16.2. The first-order valence-corrected chi connectivity index (χ1v) is 11.3. The van der Waals surface area contributed by atoms with Crippen LogP contribution in [-0.4, -0.2) is 53.2 Å². The first-order chi connectivity index (χ1) is 15.9. The Balaban J connectivity index is 1.22. The summed E-state index contributed by atoms with van der Waals surface area (Å²) in [6.07, 6.45) is 2.67. The minimum atomic E-state index is -0.303. The molecule has 0 atom stereocenters. The highest BCUT2D eigenvalue weighted by molar-refractivity contribution is 6.21. The number of fused-ring (bicyclic) bond motifs is 1. The lowest BCUT2D eigenvalue weighted by Gasteiger charge is -2.16. The second kappa shape index (κ2) is 9.85. The fraction of sp³-hybridized carbons (Fsp3) is 0.360. The molecule has 0 bridgehead atoms. The van der Waals surface area contributed by atoms with E-state index in [1.165, 1.54) is 4.90 Å². The quantitative estimate of drug-likeness (QED) is 0.635. The van der Waals surface area contributed by atoms with Gasteiger partial charge in [0.15, 0.2) is 0 Å². The predicted molar refractivity (Wildman–Crippen MR) is 124 cm³/mol. The summed E-state index contributed by atoms with van der Waals surface area (Å²) in [4.78, 5) is 52.5. The average molecular weight is 449 g/mol. The average Bonchev–Trinajstić information content (AvgIpc) is 3.42. The third-order valence-electron chi connectivity index (χ3n) is 5.97. The van der Waals surface area contributed by atoms with Gasteiger partial charge in [-0.1, -0.05) is 23.8 Å². The monoisotopic (exact) mass is 448 g/mol. The number of imide groups is 1. The van der Waals surface area contributed by atoms with Crippen molar-refractivity contribution in [2.75, 3.05) is 25.0 Å².